The van der Waals surface area contributed by atoms with Gasteiger partial charge in [0.2, 0.25) is 15.9 Å². The van der Waals surface area contributed by atoms with Crippen molar-refractivity contribution >= 4 is 38.4 Å². The molecular formula is C19H20N4O5S2. The van der Waals surface area contributed by atoms with Crippen LogP contribution >= 0.6 is 11.3 Å². The molecule has 158 valence electrons. The Morgan fingerprint density at radius 1 is 1.30 bits per heavy atom. The minimum atomic E-state index is -3.81. The number of nitrogens with one attached hydrogen (secondary N) is 1. The maximum atomic E-state index is 12.9. The van der Waals surface area contributed by atoms with Crippen LogP contribution in [0.4, 0.5) is 5.13 Å². The highest BCUT2D eigenvalue weighted by Crippen LogP contribution is 2.28. The Labute approximate surface area is 178 Å². The van der Waals surface area contributed by atoms with E-state index in [2.05, 4.69) is 15.0 Å². The van der Waals surface area contributed by atoms with Gasteiger partial charge in [-0.25, -0.2) is 18.2 Å². The molecule has 1 aliphatic rings. The van der Waals surface area contributed by atoms with Gasteiger partial charge in [-0.05, 0) is 31.9 Å². The number of esters is 1. The molecule has 11 heteroatoms. The van der Waals surface area contributed by atoms with E-state index >= 15 is 0 Å². The van der Waals surface area contributed by atoms with Gasteiger partial charge in [0.25, 0.3) is 0 Å². The van der Waals surface area contributed by atoms with Crippen LogP contribution in [-0.4, -0.2) is 49.8 Å². The van der Waals surface area contributed by atoms with Crippen molar-refractivity contribution in [3.8, 4) is 6.07 Å². The molecule has 1 aliphatic heterocycles. The molecule has 3 rings (SSSR count). The Bertz CT molecular complexity index is 1110. The first kappa shape index (κ1) is 21.9. The average Bonchev–Trinajstić information content (AvgIpc) is 3.13. The van der Waals surface area contributed by atoms with E-state index in [-0.39, 0.29) is 35.4 Å². The van der Waals surface area contributed by atoms with E-state index in [1.54, 1.807) is 19.1 Å². The maximum Gasteiger partial charge on any atom is 0.350 e. The molecule has 2 aromatic rings. The van der Waals surface area contributed by atoms with E-state index in [0.29, 0.717) is 28.5 Å². The molecule has 1 saturated heterocycles. The predicted octanol–water partition coefficient (Wildman–Crippen LogP) is 2.15. The summed E-state index contributed by atoms with van der Waals surface area (Å²) in [5, 5.41) is 12.2. The molecule has 1 aromatic heterocycles. The smallest absolute Gasteiger partial charge is 0.350 e. The molecule has 0 unspecified atom stereocenters. The number of anilines is 1. The van der Waals surface area contributed by atoms with Crippen LogP contribution in [0.3, 0.4) is 0 Å². The number of nitriles is 1. The van der Waals surface area contributed by atoms with Crippen molar-refractivity contribution in [2.24, 2.45) is 5.92 Å². The fraction of sp³-hybridized carbons (Fsp3) is 0.368. The highest BCUT2D eigenvalue weighted by Gasteiger charge is 2.33. The summed E-state index contributed by atoms with van der Waals surface area (Å²) >= 11 is 1.04. The van der Waals surface area contributed by atoms with Gasteiger partial charge in [0.15, 0.2) is 5.13 Å². The van der Waals surface area contributed by atoms with Crippen LogP contribution in [0.2, 0.25) is 0 Å². The van der Waals surface area contributed by atoms with E-state index < -0.39 is 16.0 Å². The molecule has 1 aromatic carbocycles. The molecule has 0 bridgehead atoms. The number of benzene rings is 1. The SMILES string of the molecule is COC(=O)c1sc(NC(=O)C2CCN(S(=O)(=O)c3ccccc3C#N)CC2)nc1C. The van der Waals surface area contributed by atoms with Gasteiger partial charge in [-0.2, -0.15) is 9.57 Å². The molecule has 9 nitrogen and oxygen atoms in total. The second kappa shape index (κ2) is 8.91. The third-order valence-electron chi connectivity index (χ3n) is 4.85. The lowest BCUT2D eigenvalue weighted by Gasteiger charge is -2.30. The lowest BCUT2D eigenvalue weighted by atomic mass is 9.97. The van der Waals surface area contributed by atoms with Gasteiger partial charge in [-0.3, -0.25) is 4.79 Å². The van der Waals surface area contributed by atoms with E-state index in [1.807, 2.05) is 6.07 Å². The maximum absolute atomic E-state index is 12.9. The van der Waals surface area contributed by atoms with Gasteiger partial charge in [-0.15, -0.1) is 0 Å². The molecule has 0 spiro atoms. The topological polar surface area (TPSA) is 129 Å². The van der Waals surface area contributed by atoms with Crippen molar-refractivity contribution < 1.29 is 22.7 Å². The Hall–Kier alpha value is -2.81. The predicted molar refractivity (Wildman–Crippen MR) is 109 cm³/mol. The van der Waals surface area contributed by atoms with Crippen LogP contribution in [0, 0.1) is 24.2 Å². The number of methoxy groups -OCH3 is 1. The molecule has 1 N–H and O–H groups in total. The number of nitrogens with zero attached hydrogens (tertiary/aromatic N) is 3. The van der Waals surface area contributed by atoms with Crippen molar-refractivity contribution in [1.82, 2.24) is 9.29 Å². The second-order valence-corrected chi connectivity index (χ2v) is 9.61. The molecule has 1 fully saturated rings. The number of rotatable bonds is 5. The normalized spacial score (nSPS) is 15.4. The minimum absolute atomic E-state index is 0.0241. The first-order valence-corrected chi connectivity index (χ1v) is 11.4. The molecule has 0 saturated carbocycles. The first-order chi connectivity index (χ1) is 14.3. The highest BCUT2D eigenvalue weighted by molar-refractivity contribution is 7.89. The molecule has 0 aliphatic carbocycles. The number of carbonyl (C=O) groups excluding carboxylic acids is 2. The number of hydrogen-bond acceptors (Lipinski definition) is 8. The van der Waals surface area contributed by atoms with Gasteiger partial charge in [0.05, 0.1) is 23.3 Å². The van der Waals surface area contributed by atoms with Crippen LogP contribution in [0.1, 0.15) is 33.8 Å². The van der Waals surface area contributed by atoms with Crippen LogP contribution in [0.25, 0.3) is 0 Å². The molecule has 0 atom stereocenters. The zero-order valence-electron chi connectivity index (χ0n) is 16.4. The number of piperidine rings is 1. The molecule has 1 amide bonds. The van der Waals surface area contributed by atoms with Crippen LogP contribution in [0.5, 0.6) is 0 Å². The summed E-state index contributed by atoms with van der Waals surface area (Å²) < 4.78 is 31.8. The van der Waals surface area contributed by atoms with Gasteiger partial charge in [0, 0.05) is 19.0 Å². The zero-order valence-corrected chi connectivity index (χ0v) is 18.0. The summed E-state index contributed by atoms with van der Waals surface area (Å²) in [6.07, 6.45) is 0.683. The lowest BCUT2D eigenvalue weighted by molar-refractivity contribution is -0.120. The van der Waals surface area contributed by atoms with E-state index in [1.165, 1.54) is 23.5 Å². The monoisotopic (exact) mass is 448 g/mol. The Morgan fingerprint density at radius 2 is 1.97 bits per heavy atom. The quantitative estimate of drug-likeness (QED) is 0.694. The van der Waals surface area contributed by atoms with Crippen LogP contribution in [-0.2, 0) is 19.6 Å². The summed E-state index contributed by atoms with van der Waals surface area (Å²) in [7, 11) is -2.54. The van der Waals surface area contributed by atoms with E-state index in [0.717, 1.165) is 11.3 Å². The molecular weight excluding hydrogens is 428 g/mol. The van der Waals surface area contributed by atoms with Gasteiger partial charge in [-0.1, -0.05) is 23.5 Å². The zero-order chi connectivity index (χ0) is 21.9. The fourth-order valence-electron chi connectivity index (χ4n) is 3.22. The van der Waals surface area contributed by atoms with Crippen LogP contribution in [0.15, 0.2) is 29.2 Å². The summed E-state index contributed by atoms with van der Waals surface area (Å²) in [6.45, 7) is 2.00. The second-order valence-electron chi connectivity index (χ2n) is 6.70. The fourth-order valence-corrected chi connectivity index (χ4v) is 5.72. The number of sulfonamides is 1. The summed E-state index contributed by atoms with van der Waals surface area (Å²) in [4.78, 5) is 28.7. The summed E-state index contributed by atoms with van der Waals surface area (Å²) in [5.41, 5.74) is 0.567. The largest absolute Gasteiger partial charge is 0.465 e. The van der Waals surface area contributed by atoms with Crippen molar-refractivity contribution in [3.05, 3.63) is 40.4 Å². The molecule has 0 radical (unpaired) electrons. The highest BCUT2D eigenvalue weighted by atomic mass is 32.2. The van der Waals surface area contributed by atoms with Crippen molar-refractivity contribution in [2.45, 2.75) is 24.7 Å². The Morgan fingerprint density at radius 3 is 2.60 bits per heavy atom. The van der Waals surface area contributed by atoms with E-state index in [9.17, 15) is 23.3 Å². The van der Waals surface area contributed by atoms with E-state index in [4.69, 9.17) is 0 Å². The Kier molecular flexibility index (Phi) is 6.50. The Balaban J connectivity index is 1.65. The van der Waals surface area contributed by atoms with Gasteiger partial charge < -0.3 is 10.1 Å². The number of ether oxygens (including phenoxy) is 1. The number of amides is 1. The van der Waals surface area contributed by atoms with Gasteiger partial charge >= 0.3 is 5.97 Å². The van der Waals surface area contributed by atoms with Crippen molar-refractivity contribution in [2.75, 3.05) is 25.5 Å². The summed E-state index contributed by atoms with van der Waals surface area (Å²) in [6, 6.07) is 7.97. The number of aryl methyl sites for hydroxylation is 1. The van der Waals surface area contributed by atoms with Crippen LogP contribution < -0.4 is 5.32 Å². The number of hydrogen-bond donors (Lipinski definition) is 1. The molecule has 30 heavy (non-hydrogen) atoms. The van der Waals surface area contributed by atoms with Crippen molar-refractivity contribution in [3.63, 3.8) is 0 Å². The standard InChI is InChI=1S/C19H20N4O5S2/c1-12-16(18(25)28-2)29-19(21-12)22-17(24)13-7-9-23(10-8-13)30(26,27)15-6-4-3-5-14(15)11-20/h3-6,13H,7-10H2,1-2H3,(H,21,22,24). The number of carbonyl (C=O) groups is 2. The lowest BCUT2D eigenvalue weighted by Crippen LogP contribution is -2.41. The molecule has 2 heterocycles. The average molecular weight is 449 g/mol. The number of thiazole rings is 1. The number of aromatic nitrogens is 1. The summed E-state index contributed by atoms with van der Waals surface area (Å²) in [5.74, 6) is -1.16. The third kappa shape index (κ3) is 4.35. The van der Waals surface area contributed by atoms with Gasteiger partial charge in [0.1, 0.15) is 10.9 Å². The minimum Gasteiger partial charge on any atom is -0.465 e. The first-order valence-electron chi connectivity index (χ1n) is 9.13. The van der Waals surface area contributed by atoms with Crippen molar-refractivity contribution in [1.29, 1.82) is 5.26 Å². The third-order valence-corrected chi connectivity index (χ3v) is 7.86.